The smallest absolute Gasteiger partial charge is 0.232 e. The second-order valence-electron chi connectivity index (χ2n) is 4.85. The largest absolute Gasteiger partial charge is 0.375 e. The van der Waals surface area contributed by atoms with Crippen LogP contribution in [0.15, 0.2) is 36.7 Å². The van der Waals surface area contributed by atoms with Crippen molar-refractivity contribution in [3.63, 3.8) is 0 Å². The van der Waals surface area contributed by atoms with E-state index in [2.05, 4.69) is 15.0 Å². The van der Waals surface area contributed by atoms with Crippen molar-refractivity contribution in [2.75, 3.05) is 15.8 Å². The zero-order valence-electron chi connectivity index (χ0n) is 12.4. The highest BCUT2D eigenvalue weighted by Gasteiger charge is 2.10. The van der Waals surface area contributed by atoms with Gasteiger partial charge in [0, 0.05) is 30.8 Å². The highest BCUT2D eigenvalue weighted by atomic mass is 32.2. The molecule has 0 bridgehead atoms. The third kappa shape index (κ3) is 3.98. The van der Waals surface area contributed by atoms with Crippen molar-refractivity contribution in [1.82, 2.24) is 9.55 Å². The summed E-state index contributed by atoms with van der Waals surface area (Å²) in [5.74, 6) is 0.995. The molecule has 7 heteroatoms. The molecule has 0 aliphatic rings. The molecule has 0 amide bonds. The minimum atomic E-state index is -3.23. The number of benzene rings is 1. The molecular formula is C14H20N4O2S. The van der Waals surface area contributed by atoms with E-state index in [1.165, 1.54) is 0 Å². The summed E-state index contributed by atoms with van der Waals surface area (Å²) in [5.41, 5.74) is 1.47. The molecule has 1 atom stereocenters. The predicted octanol–water partition coefficient (Wildman–Crippen LogP) is 2.35. The first-order valence-corrected chi connectivity index (χ1v) is 8.41. The Morgan fingerprint density at radius 3 is 2.38 bits per heavy atom. The number of sulfonamides is 1. The number of imidazole rings is 1. The number of aryl methyl sites for hydroxylation is 1. The summed E-state index contributed by atoms with van der Waals surface area (Å²) in [7, 11) is -1.29. The van der Waals surface area contributed by atoms with Crippen LogP contribution in [0.1, 0.15) is 25.7 Å². The SMILES string of the molecule is CCS(=O)(=O)Nc1ccc(NC(C)c2nccn2C)cc1. The molecule has 2 N–H and O–H groups in total. The summed E-state index contributed by atoms with van der Waals surface area (Å²) in [4.78, 5) is 4.30. The van der Waals surface area contributed by atoms with E-state index in [1.807, 2.05) is 36.9 Å². The van der Waals surface area contributed by atoms with Crippen LogP contribution in [0.3, 0.4) is 0 Å². The summed E-state index contributed by atoms with van der Waals surface area (Å²) >= 11 is 0. The zero-order valence-corrected chi connectivity index (χ0v) is 13.2. The van der Waals surface area contributed by atoms with Crippen LogP contribution in [0.25, 0.3) is 0 Å². The maximum Gasteiger partial charge on any atom is 0.232 e. The van der Waals surface area contributed by atoms with Crippen LogP contribution >= 0.6 is 0 Å². The van der Waals surface area contributed by atoms with Crippen molar-refractivity contribution in [1.29, 1.82) is 0 Å². The number of anilines is 2. The van der Waals surface area contributed by atoms with Gasteiger partial charge < -0.3 is 9.88 Å². The van der Waals surface area contributed by atoms with Crippen molar-refractivity contribution < 1.29 is 8.42 Å². The number of hydrogen-bond donors (Lipinski definition) is 2. The van der Waals surface area contributed by atoms with Gasteiger partial charge in [-0.3, -0.25) is 4.72 Å². The van der Waals surface area contributed by atoms with Crippen molar-refractivity contribution >= 4 is 21.4 Å². The molecule has 1 aromatic carbocycles. The minimum Gasteiger partial charge on any atom is -0.375 e. The first kappa shape index (κ1) is 15.4. The lowest BCUT2D eigenvalue weighted by Gasteiger charge is -2.15. The Kier molecular flexibility index (Phi) is 4.52. The highest BCUT2D eigenvalue weighted by Crippen LogP contribution is 2.20. The molecule has 2 rings (SSSR count). The Balaban J connectivity index is 2.04. The third-order valence-electron chi connectivity index (χ3n) is 3.17. The Morgan fingerprint density at radius 2 is 1.86 bits per heavy atom. The number of aromatic nitrogens is 2. The molecule has 21 heavy (non-hydrogen) atoms. The molecule has 6 nitrogen and oxygen atoms in total. The van der Waals surface area contributed by atoms with Gasteiger partial charge in [0.25, 0.3) is 0 Å². The maximum atomic E-state index is 11.5. The fourth-order valence-electron chi connectivity index (χ4n) is 2.00. The fourth-order valence-corrected chi connectivity index (χ4v) is 2.63. The van der Waals surface area contributed by atoms with Gasteiger partial charge in [-0.25, -0.2) is 13.4 Å². The second-order valence-corrected chi connectivity index (χ2v) is 6.86. The summed E-state index contributed by atoms with van der Waals surface area (Å²) in [6, 6.07) is 7.21. The molecule has 1 unspecified atom stereocenters. The molecule has 114 valence electrons. The lowest BCUT2D eigenvalue weighted by molar-refractivity contribution is 0.602. The average molecular weight is 308 g/mol. The number of nitrogens with zero attached hydrogens (tertiary/aromatic N) is 2. The Morgan fingerprint density at radius 1 is 1.24 bits per heavy atom. The molecule has 1 aromatic heterocycles. The van der Waals surface area contributed by atoms with Crippen molar-refractivity contribution in [2.45, 2.75) is 19.9 Å². The number of hydrogen-bond acceptors (Lipinski definition) is 4. The fraction of sp³-hybridized carbons (Fsp3) is 0.357. The molecule has 0 spiro atoms. The van der Waals surface area contributed by atoms with Gasteiger partial charge >= 0.3 is 0 Å². The van der Waals surface area contributed by atoms with Gasteiger partial charge in [0.2, 0.25) is 10.0 Å². The maximum absolute atomic E-state index is 11.5. The zero-order chi connectivity index (χ0) is 15.5. The number of rotatable bonds is 6. The standard InChI is InChI=1S/C14H20N4O2S/c1-4-21(19,20)17-13-7-5-12(6-8-13)16-11(2)14-15-9-10-18(14)3/h5-11,16-17H,4H2,1-3H3. The van der Waals surface area contributed by atoms with Crippen molar-refractivity contribution in [3.8, 4) is 0 Å². The summed E-state index contributed by atoms with van der Waals surface area (Å²) in [6.07, 6.45) is 3.66. The van der Waals surface area contributed by atoms with E-state index in [9.17, 15) is 8.42 Å². The van der Waals surface area contributed by atoms with Gasteiger partial charge in [-0.15, -0.1) is 0 Å². The van der Waals surface area contributed by atoms with Crippen LogP contribution in [-0.4, -0.2) is 23.7 Å². The van der Waals surface area contributed by atoms with E-state index in [4.69, 9.17) is 0 Å². The third-order valence-corrected chi connectivity index (χ3v) is 4.47. The van der Waals surface area contributed by atoms with Gasteiger partial charge in [0.1, 0.15) is 5.82 Å². The molecule has 0 saturated carbocycles. The van der Waals surface area contributed by atoms with E-state index in [0.29, 0.717) is 5.69 Å². The van der Waals surface area contributed by atoms with Crippen LogP contribution in [0.2, 0.25) is 0 Å². The van der Waals surface area contributed by atoms with Crippen LogP contribution < -0.4 is 10.0 Å². The molecule has 0 fully saturated rings. The topological polar surface area (TPSA) is 76.0 Å². The quantitative estimate of drug-likeness (QED) is 0.859. The van der Waals surface area contributed by atoms with Crippen molar-refractivity contribution in [3.05, 3.63) is 42.5 Å². The Labute approximate surface area is 125 Å². The second kappa shape index (κ2) is 6.17. The molecule has 0 aliphatic heterocycles. The Hall–Kier alpha value is -2.02. The lowest BCUT2D eigenvalue weighted by atomic mass is 10.2. The predicted molar refractivity (Wildman–Crippen MR) is 84.8 cm³/mol. The van der Waals surface area contributed by atoms with Gasteiger partial charge in [-0.05, 0) is 38.1 Å². The van der Waals surface area contributed by atoms with Crippen molar-refractivity contribution in [2.24, 2.45) is 7.05 Å². The van der Waals surface area contributed by atoms with Gasteiger partial charge in [-0.1, -0.05) is 0 Å². The molecular weight excluding hydrogens is 288 g/mol. The molecule has 1 heterocycles. The van der Waals surface area contributed by atoms with Gasteiger partial charge in [-0.2, -0.15) is 0 Å². The lowest BCUT2D eigenvalue weighted by Crippen LogP contribution is -2.14. The molecule has 0 radical (unpaired) electrons. The molecule has 2 aromatic rings. The van der Waals surface area contributed by atoms with E-state index in [1.54, 1.807) is 25.3 Å². The van der Waals surface area contributed by atoms with Gasteiger partial charge in [0.05, 0.1) is 11.8 Å². The first-order valence-electron chi connectivity index (χ1n) is 6.75. The van der Waals surface area contributed by atoms with Gasteiger partial charge in [0.15, 0.2) is 0 Å². The number of nitrogens with one attached hydrogen (secondary N) is 2. The monoisotopic (exact) mass is 308 g/mol. The minimum absolute atomic E-state index is 0.0585. The van der Waals surface area contributed by atoms with E-state index in [0.717, 1.165) is 11.5 Å². The highest BCUT2D eigenvalue weighted by molar-refractivity contribution is 7.92. The summed E-state index contributed by atoms with van der Waals surface area (Å²) < 4.78 is 27.4. The first-order chi connectivity index (χ1) is 9.91. The summed E-state index contributed by atoms with van der Waals surface area (Å²) in [5, 5.41) is 3.33. The van der Waals surface area contributed by atoms with Crippen LogP contribution in [0, 0.1) is 0 Å². The van der Waals surface area contributed by atoms with Crippen LogP contribution in [-0.2, 0) is 17.1 Å². The summed E-state index contributed by atoms with van der Waals surface area (Å²) in [6.45, 7) is 3.63. The van der Waals surface area contributed by atoms with E-state index in [-0.39, 0.29) is 11.8 Å². The normalized spacial score (nSPS) is 12.9. The van der Waals surface area contributed by atoms with Crippen LogP contribution in [0.4, 0.5) is 11.4 Å². The van der Waals surface area contributed by atoms with Crippen LogP contribution in [0.5, 0.6) is 0 Å². The molecule has 0 aliphatic carbocycles. The van der Waals surface area contributed by atoms with E-state index >= 15 is 0 Å². The molecule has 0 saturated heterocycles. The average Bonchev–Trinajstić information content (AvgIpc) is 2.87. The Bertz CT molecular complexity index is 692. The van der Waals surface area contributed by atoms with E-state index < -0.39 is 10.0 Å².